The number of rotatable bonds is 3. The Labute approximate surface area is 166 Å². The fourth-order valence-electron chi connectivity index (χ4n) is 3.60. The average Bonchev–Trinajstić information content (AvgIpc) is 3.13. The van der Waals surface area contributed by atoms with E-state index in [4.69, 9.17) is 11.6 Å². The molecule has 138 valence electrons. The summed E-state index contributed by atoms with van der Waals surface area (Å²) in [6, 6.07) is 9.11. The normalized spacial score (nSPS) is 16.1. The zero-order chi connectivity index (χ0) is 19.3. The quantitative estimate of drug-likeness (QED) is 0.642. The number of hydrogen-bond acceptors (Lipinski definition) is 4. The monoisotopic (exact) mass is 399 g/mol. The van der Waals surface area contributed by atoms with Gasteiger partial charge in [0.25, 0.3) is 0 Å². The van der Waals surface area contributed by atoms with Crippen LogP contribution in [0.1, 0.15) is 43.7 Å². The Bertz CT molecular complexity index is 1070. The van der Waals surface area contributed by atoms with Gasteiger partial charge in [0.05, 0.1) is 17.3 Å². The summed E-state index contributed by atoms with van der Waals surface area (Å²) in [6.45, 7) is 5.80. The lowest BCUT2D eigenvalue weighted by molar-refractivity contribution is -0.116. The zero-order valence-corrected chi connectivity index (χ0v) is 16.7. The van der Waals surface area contributed by atoms with E-state index in [1.54, 1.807) is 28.2 Å². The number of benzene rings is 1. The van der Waals surface area contributed by atoms with Crippen LogP contribution in [0, 0.1) is 20.8 Å². The number of thiophene rings is 1. The van der Waals surface area contributed by atoms with Crippen molar-refractivity contribution >= 4 is 40.4 Å². The SMILES string of the molecule is Cc1cc(C(=O)[C@@H]2CC(=O)Nc3c2c(C)nn3-c2ccc(Cl)cc2)c(C)s1. The maximum atomic E-state index is 13.3. The van der Waals surface area contributed by atoms with Crippen LogP contribution in [0.5, 0.6) is 0 Å². The Hall–Kier alpha value is -2.44. The second-order valence-corrected chi connectivity index (χ2v) is 8.63. The predicted molar refractivity (Wildman–Crippen MR) is 107 cm³/mol. The first-order valence-electron chi connectivity index (χ1n) is 8.61. The van der Waals surface area contributed by atoms with Gasteiger partial charge in [0.2, 0.25) is 5.91 Å². The number of Topliss-reactive ketones (excluding diaryl/α,β-unsaturated/α-hetero) is 1. The topological polar surface area (TPSA) is 64.0 Å². The van der Waals surface area contributed by atoms with Crippen molar-refractivity contribution in [3.8, 4) is 5.69 Å². The van der Waals surface area contributed by atoms with Gasteiger partial charge in [-0.05, 0) is 51.1 Å². The molecule has 1 aliphatic rings. The molecule has 1 amide bonds. The minimum Gasteiger partial charge on any atom is -0.310 e. The van der Waals surface area contributed by atoms with E-state index in [9.17, 15) is 9.59 Å². The number of anilines is 1. The van der Waals surface area contributed by atoms with E-state index < -0.39 is 5.92 Å². The molecule has 1 aliphatic heterocycles. The van der Waals surface area contributed by atoms with Gasteiger partial charge in [-0.25, -0.2) is 4.68 Å². The van der Waals surface area contributed by atoms with E-state index in [0.29, 0.717) is 16.4 Å². The number of aromatic nitrogens is 2. The molecule has 3 aromatic rings. The van der Waals surface area contributed by atoms with Crippen molar-refractivity contribution in [2.45, 2.75) is 33.1 Å². The molecule has 1 atom stereocenters. The fourth-order valence-corrected chi connectivity index (χ4v) is 4.66. The summed E-state index contributed by atoms with van der Waals surface area (Å²) in [4.78, 5) is 27.7. The van der Waals surface area contributed by atoms with Crippen LogP contribution in [0.25, 0.3) is 5.69 Å². The van der Waals surface area contributed by atoms with E-state index in [1.165, 1.54) is 0 Å². The molecule has 0 fully saturated rings. The highest BCUT2D eigenvalue weighted by atomic mass is 35.5. The van der Waals surface area contributed by atoms with Crippen LogP contribution in [0.4, 0.5) is 5.82 Å². The van der Waals surface area contributed by atoms with Crippen LogP contribution < -0.4 is 5.32 Å². The molecule has 0 saturated heterocycles. The summed E-state index contributed by atoms with van der Waals surface area (Å²) in [6.07, 6.45) is 0.132. The first-order chi connectivity index (χ1) is 12.8. The van der Waals surface area contributed by atoms with Crippen molar-refractivity contribution in [2.24, 2.45) is 0 Å². The van der Waals surface area contributed by atoms with E-state index in [2.05, 4.69) is 10.4 Å². The number of ketones is 1. The molecule has 3 heterocycles. The van der Waals surface area contributed by atoms with E-state index in [-0.39, 0.29) is 18.1 Å². The Morgan fingerprint density at radius 3 is 2.59 bits per heavy atom. The van der Waals surface area contributed by atoms with Gasteiger partial charge in [0.1, 0.15) is 5.82 Å². The third-order valence-electron chi connectivity index (χ3n) is 4.80. The lowest BCUT2D eigenvalue weighted by Crippen LogP contribution is -2.28. The number of amides is 1. The highest BCUT2D eigenvalue weighted by Crippen LogP contribution is 2.39. The largest absolute Gasteiger partial charge is 0.310 e. The number of fused-ring (bicyclic) bond motifs is 1. The Morgan fingerprint density at radius 2 is 1.96 bits per heavy atom. The summed E-state index contributed by atoms with van der Waals surface area (Å²) in [5, 5.41) is 8.11. The molecule has 5 nitrogen and oxygen atoms in total. The molecule has 1 N–H and O–H groups in total. The Balaban J connectivity index is 1.83. The molecule has 4 rings (SSSR count). The maximum absolute atomic E-state index is 13.3. The van der Waals surface area contributed by atoms with Gasteiger partial charge in [-0.2, -0.15) is 5.10 Å². The lowest BCUT2D eigenvalue weighted by atomic mass is 9.85. The molecule has 0 aliphatic carbocycles. The van der Waals surface area contributed by atoms with Crippen LogP contribution in [0.15, 0.2) is 30.3 Å². The van der Waals surface area contributed by atoms with Crippen LogP contribution in [0.3, 0.4) is 0 Å². The third-order valence-corrected chi connectivity index (χ3v) is 6.01. The standard InChI is InChI=1S/C20H18ClN3O2S/c1-10-8-15(12(3)27-10)19(26)16-9-17(25)22-20-18(16)11(2)23-24(20)14-6-4-13(21)5-7-14/h4-8,16H,9H2,1-3H3,(H,22,25)/t16-/m1/s1. The van der Waals surface area contributed by atoms with Crippen molar-refractivity contribution in [3.05, 3.63) is 61.9 Å². The van der Waals surface area contributed by atoms with Gasteiger partial charge in [-0.3, -0.25) is 9.59 Å². The fraction of sp³-hybridized carbons (Fsp3) is 0.250. The third kappa shape index (κ3) is 3.09. The predicted octanol–water partition coefficient (Wildman–Crippen LogP) is 4.82. The molecule has 7 heteroatoms. The number of nitrogens with one attached hydrogen (secondary N) is 1. The van der Waals surface area contributed by atoms with Crippen molar-refractivity contribution in [1.82, 2.24) is 9.78 Å². The molecule has 27 heavy (non-hydrogen) atoms. The van der Waals surface area contributed by atoms with Gasteiger partial charge in [0, 0.05) is 32.3 Å². The molecule has 0 saturated carbocycles. The summed E-state index contributed by atoms with van der Waals surface area (Å²) >= 11 is 7.57. The minimum atomic E-state index is -0.525. The van der Waals surface area contributed by atoms with Crippen molar-refractivity contribution in [1.29, 1.82) is 0 Å². The Kier molecular flexibility index (Phi) is 4.40. The summed E-state index contributed by atoms with van der Waals surface area (Å²) < 4.78 is 1.67. The van der Waals surface area contributed by atoms with E-state index in [1.807, 2.05) is 39.0 Å². The van der Waals surface area contributed by atoms with Gasteiger partial charge in [-0.1, -0.05) is 11.6 Å². The van der Waals surface area contributed by atoms with Crippen molar-refractivity contribution in [2.75, 3.05) is 5.32 Å². The van der Waals surface area contributed by atoms with Crippen LogP contribution in [-0.4, -0.2) is 21.5 Å². The molecule has 0 spiro atoms. The number of nitrogens with zero attached hydrogens (tertiary/aromatic N) is 2. The first kappa shape index (κ1) is 17.9. The summed E-state index contributed by atoms with van der Waals surface area (Å²) in [7, 11) is 0. The van der Waals surface area contributed by atoms with E-state index >= 15 is 0 Å². The molecule has 2 aromatic heterocycles. The minimum absolute atomic E-state index is 0.0216. The van der Waals surface area contributed by atoms with Gasteiger partial charge >= 0.3 is 0 Å². The van der Waals surface area contributed by atoms with Gasteiger partial charge < -0.3 is 5.32 Å². The first-order valence-corrected chi connectivity index (χ1v) is 9.81. The Morgan fingerprint density at radius 1 is 1.26 bits per heavy atom. The summed E-state index contributed by atoms with van der Waals surface area (Å²) in [5.41, 5.74) is 3.00. The average molecular weight is 400 g/mol. The zero-order valence-electron chi connectivity index (χ0n) is 15.2. The smallest absolute Gasteiger partial charge is 0.226 e. The number of hydrogen-bond donors (Lipinski definition) is 1. The second kappa shape index (κ2) is 6.62. The molecule has 0 radical (unpaired) electrons. The number of carbonyl (C=O) groups is 2. The van der Waals surface area contributed by atoms with Crippen molar-refractivity contribution in [3.63, 3.8) is 0 Å². The molecular weight excluding hydrogens is 382 g/mol. The van der Waals surface area contributed by atoms with Gasteiger partial charge in [0.15, 0.2) is 5.78 Å². The molecule has 0 unspecified atom stereocenters. The summed E-state index contributed by atoms with van der Waals surface area (Å²) in [5.74, 6) is -0.163. The second-order valence-electron chi connectivity index (χ2n) is 6.73. The highest BCUT2D eigenvalue weighted by Gasteiger charge is 2.37. The number of aryl methyl sites for hydroxylation is 3. The molecule has 0 bridgehead atoms. The lowest BCUT2D eigenvalue weighted by Gasteiger charge is -2.23. The van der Waals surface area contributed by atoms with Crippen LogP contribution in [0.2, 0.25) is 5.02 Å². The highest BCUT2D eigenvalue weighted by molar-refractivity contribution is 7.12. The van der Waals surface area contributed by atoms with Gasteiger partial charge in [-0.15, -0.1) is 11.3 Å². The maximum Gasteiger partial charge on any atom is 0.226 e. The van der Waals surface area contributed by atoms with E-state index in [0.717, 1.165) is 26.7 Å². The van der Waals surface area contributed by atoms with Crippen LogP contribution >= 0.6 is 22.9 Å². The number of carbonyl (C=O) groups excluding carboxylic acids is 2. The number of halogens is 1. The molecule has 1 aromatic carbocycles. The van der Waals surface area contributed by atoms with Crippen molar-refractivity contribution < 1.29 is 9.59 Å². The van der Waals surface area contributed by atoms with Crippen LogP contribution in [-0.2, 0) is 4.79 Å². The molecular formula is C20H18ClN3O2S.